The first kappa shape index (κ1) is 16.9. The van der Waals surface area contributed by atoms with Crippen LogP contribution in [-0.2, 0) is 13.0 Å². The number of carbonyl (C=O) groups excluding carboxylic acids is 1. The molecule has 1 unspecified atom stereocenters. The Morgan fingerprint density at radius 3 is 2.85 bits per heavy atom. The van der Waals surface area contributed by atoms with Gasteiger partial charge < -0.3 is 14.8 Å². The van der Waals surface area contributed by atoms with Gasteiger partial charge in [-0.15, -0.1) is 0 Å². The maximum absolute atomic E-state index is 12.7. The molecule has 0 aliphatic carbocycles. The molecule has 3 aliphatic rings. The van der Waals surface area contributed by atoms with E-state index in [2.05, 4.69) is 16.3 Å². The summed E-state index contributed by atoms with van der Waals surface area (Å²) in [6.45, 7) is 2.74. The maximum atomic E-state index is 12.7. The van der Waals surface area contributed by atoms with Crippen molar-refractivity contribution in [2.24, 2.45) is 0 Å². The number of benzene rings is 2. The van der Waals surface area contributed by atoms with Crippen LogP contribution >= 0.6 is 11.6 Å². The molecule has 1 fully saturated rings. The lowest BCUT2D eigenvalue weighted by Crippen LogP contribution is -2.49. The summed E-state index contributed by atoms with van der Waals surface area (Å²) in [7, 11) is 0. The Labute approximate surface area is 163 Å². The zero-order valence-electron chi connectivity index (χ0n) is 15.0. The molecule has 0 saturated carbocycles. The number of hydrogen-bond acceptors (Lipinski definition) is 4. The standard InChI is InChI=1S/C21H21ClN2O3/c22-17-10-19-18(26-13-27-19)9-15(17)11-24-8-7-21(12-24)6-5-14-3-1-2-4-16(14)20(25)23-21/h1-4,9-10H,5-8,11-13H2,(H,23,25). The number of likely N-dealkylation sites (tertiary alicyclic amines) is 1. The average molecular weight is 385 g/mol. The van der Waals surface area contributed by atoms with E-state index in [1.807, 2.05) is 30.3 Å². The van der Waals surface area contributed by atoms with Gasteiger partial charge in [-0.25, -0.2) is 0 Å². The van der Waals surface area contributed by atoms with Crippen LogP contribution in [0.15, 0.2) is 36.4 Å². The van der Waals surface area contributed by atoms with Crippen molar-refractivity contribution in [2.45, 2.75) is 31.3 Å². The highest BCUT2D eigenvalue weighted by molar-refractivity contribution is 6.31. The van der Waals surface area contributed by atoms with Gasteiger partial charge in [0, 0.05) is 36.3 Å². The molecule has 2 aromatic rings. The number of nitrogens with one attached hydrogen (secondary N) is 1. The molecule has 1 amide bonds. The van der Waals surface area contributed by atoms with Crippen LogP contribution in [0.25, 0.3) is 0 Å². The number of nitrogens with zero attached hydrogens (tertiary/aromatic N) is 1. The van der Waals surface area contributed by atoms with E-state index in [1.54, 1.807) is 0 Å². The summed E-state index contributed by atoms with van der Waals surface area (Å²) in [5, 5.41) is 4.02. The van der Waals surface area contributed by atoms with Gasteiger partial charge in [-0.1, -0.05) is 29.8 Å². The van der Waals surface area contributed by atoms with E-state index in [0.717, 1.165) is 61.3 Å². The molecule has 6 heteroatoms. The van der Waals surface area contributed by atoms with E-state index in [4.69, 9.17) is 21.1 Å². The predicted molar refractivity (Wildman–Crippen MR) is 102 cm³/mol. The van der Waals surface area contributed by atoms with Gasteiger partial charge in [0.25, 0.3) is 5.91 Å². The molecule has 2 aromatic carbocycles. The Bertz CT molecular complexity index is 916. The third-order valence-electron chi connectivity index (χ3n) is 5.88. The van der Waals surface area contributed by atoms with Crippen LogP contribution in [0.1, 0.15) is 34.3 Å². The highest BCUT2D eigenvalue weighted by Crippen LogP contribution is 2.38. The third-order valence-corrected chi connectivity index (χ3v) is 6.23. The van der Waals surface area contributed by atoms with Gasteiger partial charge in [0.05, 0.1) is 5.54 Å². The van der Waals surface area contributed by atoms with Crippen LogP contribution in [0.3, 0.4) is 0 Å². The van der Waals surface area contributed by atoms with E-state index < -0.39 is 0 Å². The number of amides is 1. The van der Waals surface area contributed by atoms with Crippen molar-refractivity contribution in [1.29, 1.82) is 0 Å². The summed E-state index contributed by atoms with van der Waals surface area (Å²) in [6, 6.07) is 11.7. The molecule has 1 atom stereocenters. The smallest absolute Gasteiger partial charge is 0.252 e. The van der Waals surface area contributed by atoms with Crippen LogP contribution < -0.4 is 14.8 Å². The van der Waals surface area contributed by atoms with Gasteiger partial charge in [0.15, 0.2) is 11.5 Å². The van der Waals surface area contributed by atoms with E-state index in [1.165, 1.54) is 0 Å². The first-order chi connectivity index (χ1) is 13.1. The second kappa shape index (κ2) is 6.43. The Morgan fingerprint density at radius 2 is 1.96 bits per heavy atom. The fourth-order valence-corrected chi connectivity index (χ4v) is 4.64. The number of rotatable bonds is 2. The largest absolute Gasteiger partial charge is 0.454 e. The van der Waals surface area contributed by atoms with Crippen molar-refractivity contribution >= 4 is 17.5 Å². The third kappa shape index (κ3) is 3.05. The van der Waals surface area contributed by atoms with E-state index in [9.17, 15) is 4.79 Å². The van der Waals surface area contributed by atoms with Crippen molar-refractivity contribution in [3.8, 4) is 11.5 Å². The molecule has 140 valence electrons. The zero-order valence-corrected chi connectivity index (χ0v) is 15.7. The van der Waals surface area contributed by atoms with Gasteiger partial charge in [0.1, 0.15) is 0 Å². The van der Waals surface area contributed by atoms with Crippen LogP contribution in [0, 0.1) is 0 Å². The number of carbonyl (C=O) groups is 1. The minimum absolute atomic E-state index is 0.0473. The maximum Gasteiger partial charge on any atom is 0.252 e. The minimum Gasteiger partial charge on any atom is -0.454 e. The zero-order chi connectivity index (χ0) is 18.4. The summed E-state index contributed by atoms with van der Waals surface area (Å²) in [5.41, 5.74) is 2.82. The topological polar surface area (TPSA) is 50.8 Å². The van der Waals surface area contributed by atoms with Crippen LogP contribution in [0.4, 0.5) is 0 Å². The second-order valence-corrected chi connectivity index (χ2v) is 8.06. The predicted octanol–water partition coefficient (Wildman–Crippen LogP) is 3.39. The Morgan fingerprint density at radius 1 is 1.15 bits per heavy atom. The Kier molecular flexibility index (Phi) is 4.02. The Hall–Kier alpha value is -2.24. The molecular weight excluding hydrogens is 364 g/mol. The highest BCUT2D eigenvalue weighted by Gasteiger charge is 2.41. The number of aryl methyl sites for hydroxylation is 1. The van der Waals surface area contributed by atoms with Crippen LogP contribution in [-0.4, -0.2) is 36.2 Å². The fraction of sp³-hybridized carbons (Fsp3) is 0.381. The molecule has 0 bridgehead atoms. The van der Waals surface area contributed by atoms with Crippen molar-refractivity contribution < 1.29 is 14.3 Å². The van der Waals surface area contributed by atoms with Gasteiger partial charge in [-0.3, -0.25) is 9.69 Å². The molecule has 5 nitrogen and oxygen atoms in total. The van der Waals surface area contributed by atoms with Gasteiger partial charge in [-0.2, -0.15) is 0 Å². The number of fused-ring (bicyclic) bond motifs is 2. The van der Waals surface area contributed by atoms with Gasteiger partial charge in [0.2, 0.25) is 6.79 Å². The van der Waals surface area contributed by atoms with Crippen molar-refractivity contribution in [3.63, 3.8) is 0 Å². The second-order valence-electron chi connectivity index (χ2n) is 7.65. The molecule has 27 heavy (non-hydrogen) atoms. The highest BCUT2D eigenvalue weighted by atomic mass is 35.5. The minimum atomic E-state index is -0.168. The summed E-state index contributed by atoms with van der Waals surface area (Å²) in [5.74, 6) is 1.50. The molecule has 5 rings (SSSR count). The van der Waals surface area contributed by atoms with Crippen molar-refractivity contribution in [3.05, 3.63) is 58.1 Å². The summed E-state index contributed by atoms with van der Waals surface area (Å²) < 4.78 is 10.9. The van der Waals surface area contributed by atoms with E-state index in [0.29, 0.717) is 10.8 Å². The molecule has 0 radical (unpaired) electrons. The number of hydrogen-bond donors (Lipinski definition) is 1. The number of ether oxygens (including phenoxy) is 2. The summed E-state index contributed by atoms with van der Waals surface area (Å²) >= 11 is 6.44. The molecule has 1 saturated heterocycles. The van der Waals surface area contributed by atoms with Crippen LogP contribution in [0.5, 0.6) is 11.5 Å². The molecule has 0 aromatic heterocycles. The number of halogens is 1. The quantitative estimate of drug-likeness (QED) is 0.862. The SMILES string of the molecule is O=C1NC2(CCc3ccccc31)CCN(Cc1cc3c(cc1Cl)OCO3)C2. The van der Waals surface area contributed by atoms with E-state index >= 15 is 0 Å². The van der Waals surface area contributed by atoms with E-state index in [-0.39, 0.29) is 18.2 Å². The lowest BCUT2D eigenvalue weighted by atomic mass is 9.91. The Balaban J connectivity index is 1.33. The normalized spacial score (nSPS) is 24.0. The molecule has 3 aliphatic heterocycles. The van der Waals surface area contributed by atoms with Crippen molar-refractivity contribution in [2.75, 3.05) is 19.9 Å². The van der Waals surface area contributed by atoms with Crippen LogP contribution in [0.2, 0.25) is 5.02 Å². The lowest BCUT2D eigenvalue weighted by molar-refractivity contribution is 0.0902. The molecular formula is C21H21ClN2O3. The summed E-state index contributed by atoms with van der Waals surface area (Å²) in [4.78, 5) is 15.1. The lowest BCUT2D eigenvalue weighted by Gasteiger charge is -2.29. The van der Waals surface area contributed by atoms with Gasteiger partial charge >= 0.3 is 0 Å². The summed E-state index contributed by atoms with van der Waals surface area (Å²) in [6.07, 6.45) is 2.84. The molecule has 1 spiro atoms. The van der Waals surface area contributed by atoms with Gasteiger partial charge in [-0.05, 0) is 42.5 Å². The van der Waals surface area contributed by atoms with Crippen molar-refractivity contribution in [1.82, 2.24) is 10.2 Å². The monoisotopic (exact) mass is 384 g/mol. The average Bonchev–Trinajstić information content (AvgIpc) is 3.24. The molecule has 1 N–H and O–H groups in total. The first-order valence-electron chi connectivity index (χ1n) is 9.33. The first-order valence-corrected chi connectivity index (χ1v) is 9.71. The molecule has 3 heterocycles. The fourth-order valence-electron chi connectivity index (χ4n) is 4.43.